The Morgan fingerprint density at radius 2 is 2.12 bits per heavy atom. The lowest BCUT2D eigenvalue weighted by Crippen LogP contribution is -2.43. The van der Waals surface area contributed by atoms with Gasteiger partial charge in [0, 0.05) is 4.88 Å². The topological polar surface area (TPSA) is 57.6 Å². The molecule has 0 radical (unpaired) electrons. The molecule has 0 aliphatic rings. The van der Waals surface area contributed by atoms with Crippen molar-refractivity contribution in [3.63, 3.8) is 0 Å². The smallest absolute Gasteiger partial charge is 0.327 e. The second-order valence-electron chi connectivity index (χ2n) is 3.92. The highest BCUT2D eigenvalue weighted by Crippen LogP contribution is 2.27. The quantitative estimate of drug-likeness (QED) is 0.803. The highest BCUT2D eigenvalue weighted by molar-refractivity contribution is 7.16. The summed E-state index contributed by atoms with van der Waals surface area (Å²) in [5, 5.41) is 9.79. The van der Waals surface area contributed by atoms with Gasteiger partial charge in [-0.05, 0) is 25.0 Å². The van der Waals surface area contributed by atoms with Crippen LogP contribution < -0.4 is 4.90 Å². The average molecular weight is 241 g/mol. The van der Waals surface area contributed by atoms with Crippen molar-refractivity contribution in [2.45, 2.75) is 26.8 Å². The van der Waals surface area contributed by atoms with Crippen molar-refractivity contribution in [3.05, 3.63) is 17.0 Å². The Hall–Kier alpha value is -1.36. The number of hydrogen-bond donors (Lipinski definition) is 1. The Kier molecular flexibility index (Phi) is 4.06. The lowest BCUT2D eigenvalue weighted by molar-refractivity contribution is -0.140. The first-order chi connectivity index (χ1) is 7.47. The molecule has 0 saturated heterocycles. The standard InChI is InChI=1S/C11H15NO3S/c1-7(2)10(11(14)15)12(6-13)9-5-4-8(3)16-9/h4-7,10H,1-3H3,(H,14,15). The number of nitrogens with zero attached hydrogens (tertiary/aromatic N) is 1. The van der Waals surface area contributed by atoms with Crippen molar-refractivity contribution in [2.24, 2.45) is 5.92 Å². The van der Waals surface area contributed by atoms with Crippen molar-refractivity contribution in [1.29, 1.82) is 0 Å². The maximum absolute atomic E-state index is 11.1. The first-order valence-corrected chi connectivity index (χ1v) is 5.82. The summed E-state index contributed by atoms with van der Waals surface area (Å²) in [6.45, 7) is 5.49. The number of thiophene rings is 1. The molecule has 1 rings (SSSR count). The van der Waals surface area contributed by atoms with Crippen LogP contribution in [0.2, 0.25) is 0 Å². The second kappa shape index (κ2) is 5.12. The zero-order chi connectivity index (χ0) is 12.3. The van der Waals surface area contributed by atoms with Gasteiger partial charge in [0.15, 0.2) is 0 Å². The normalized spacial score (nSPS) is 12.5. The Balaban J connectivity index is 3.04. The Bertz CT molecular complexity index is 386. The van der Waals surface area contributed by atoms with Crippen LogP contribution >= 0.6 is 11.3 Å². The predicted octanol–water partition coefficient (Wildman–Crippen LogP) is 2.13. The third kappa shape index (κ3) is 2.61. The van der Waals surface area contributed by atoms with Gasteiger partial charge >= 0.3 is 5.97 Å². The van der Waals surface area contributed by atoms with E-state index in [0.29, 0.717) is 11.4 Å². The Labute approximate surface area is 98.5 Å². The molecule has 0 aliphatic heterocycles. The monoisotopic (exact) mass is 241 g/mol. The summed E-state index contributed by atoms with van der Waals surface area (Å²) in [6, 6.07) is 2.83. The van der Waals surface area contributed by atoms with Gasteiger partial charge in [0.1, 0.15) is 6.04 Å². The van der Waals surface area contributed by atoms with Gasteiger partial charge in [0.05, 0.1) is 5.00 Å². The van der Waals surface area contributed by atoms with Crippen molar-refractivity contribution >= 4 is 28.7 Å². The van der Waals surface area contributed by atoms with E-state index in [1.165, 1.54) is 16.2 Å². The number of carboxylic acid groups (broad SMARTS) is 1. The van der Waals surface area contributed by atoms with E-state index in [4.69, 9.17) is 5.11 Å². The average Bonchev–Trinajstić information content (AvgIpc) is 2.59. The number of aryl methyl sites for hydroxylation is 1. The van der Waals surface area contributed by atoms with Crippen molar-refractivity contribution in [2.75, 3.05) is 4.90 Å². The van der Waals surface area contributed by atoms with Gasteiger partial charge in [-0.25, -0.2) is 4.79 Å². The molecule has 0 saturated carbocycles. The number of carbonyl (C=O) groups is 2. The number of aliphatic carboxylic acids is 1. The third-order valence-corrected chi connectivity index (χ3v) is 3.29. The largest absolute Gasteiger partial charge is 0.480 e. The summed E-state index contributed by atoms with van der Waals surface area (Å²) in [4.78, 5) is 24.5. The fraction of sp³-hybridized carbons (Fsp3) is 0.455. The van der Waals surface area contributed by atoms with Gasteiger partial charge in [-0.15, -0.1) is 11.3 Å². The van der Waals surface area contributed by atoms with E-state index in [1.54, 1.807) is 19.9 Å². The first-order valence-electron chi connectivity index (χ1n) is 5.00. The number of rotatable bonds is 5. The van der Waals surface area contributed by atoms with Crippen molar-refractivity contribution in [3.8, 4) is 0 Å². The van der Waals surface area contributed by atoms with Crippen LogP contribution in [0.3, 0.4) is 0 Å². The van der Waals surface area contributed by atoms with E-state index in [2.05, 4.69) is 0 Å². The molecule has 1 aromatic heterocycles. The van der Waals surface area contributed by atoms with E-state index >= 15 is 0 Å². The summed E-state index contributed by atoms with van der Waals surface area (Å²) >= 11 is 1.41. The lowest BCUT2D eigenvalue weighted by atomic mass is 10.0. The Morgan fingerprint density at radius 1 is 1.50 bits per heavy atom. The molecule has 5 heteroatoms. The molecule has 0 spiro atoms. The van der Waals surface area contributed by atoms with Crippen LogP contribution in [-0.4, -0.2) is 23.5 Å². The van der Waals surface area contributed by atoms with Crippen molar-refractivity contribution in [1.82, 2.24) is 0 Å². The number of carboxylic acids is 1. The molecule has 1 amide bonds. The minimum atomic E-state index is -0.979. The summed E-state index contributed by atoms with van der Waals surface area (Å²) in [7, 11) is 0. The van der Waals surface area contributed by atoms with Gasteiger partial charge in [0.2, 0.25) is 6.41 Å². The summed E-state index contributed by atoms with van der Waals surface area (Å²) in [6.07, 6.45) is 0.587. The third-order valence-electron chi connectivity index (χ3n) is 2.28. The summed E-state index contributed by atoms with van der Waals surface area (Å²) < 4.78 is 0. The fourth-order valence-electron chi connectivity index (χ4n) is 1.54. The fourth-order valence-corrected chi connectivity index (χ4v) is 2.40. The van der Waals surface area contributed by atoms with E-state index in [-0.39, 0.29) is 5.92 Å². The summed E-state index contributed by atoms with van der Waals surface area (Å²) in [5.74, 6) is -1.11. The summed E-state index contributed by atoms with van der Waals surface area (Å²) in [5.41, 5.74) is 0. The second-order valence-corrected chi connectivity index (χ2v) is 5.19. The minimum absolute atomic E-state index is 0.134. The molecule has 1 aromatic rings. The molecular weight excluding hydrogens is 226 g/mol. The molecule has 0 bridgehead atoms. The van der Waals surface area contributed by atoms with Gasteiger partial charge in [-0.1, -0.05) is 13.8 Å². The van der Waals surface area contributed by atoms with Crippen LogP contribution in [0.15, 0.2) is 12.1 Å². The SMILES string of the molecule is Cc1ccc(N(C=O)C(C(=O)O)C(C)C)s1. The van der Waals surface area contributed by atoms with Crippen LogP contribution in [-0.2, 0) is 9.59 Å². The molecule has 1 unspecified atom stereocenters. The molecule has 0 aromatic carbocycles. The lowest BCUT2D eigenvalue weighted by Gasteiger charge is -2.26. The number of hydrogen-bond acceptors (Lipinski definition) is 3. The highest BCUT2D eigenvalue weighted by Gasteiger charge is 2.29. The molecule has 0 aliphatic carbocycles. The van der Waals surface area contributed by atoms with Gasteiger partial charge in [0.25, 0.3) is 0 Å². The van der Waals surface area contributed by atoms with Crippen LogP contribution in [0.4, 0.5) is 5.00 Å². The van der Waals surface area contributed by atoms with E-state index < -0.39 is 12.0 Å². The maximum atomic E-state index is 11.1. The number of anilines is 1. The molecule has 1 heterocycles. The molecule has 0 fully saturated rings. The van der Waals surface area contributed by atoms with Crippen LogP contribution in [0, 0.1) is 12.8 Å². The van der Waals surface area contributed by atoms with Crippen LogP contribution in [0.25, 0.3) is 0 Å². The van der Waals surface area contributed by atoms with Gasteiger partial charge in [-0.3, -0.25) is 9.69 Å². The first kappa shape index (κ1) is 12.7. The van der Waals surface area contributed by atoms with E-state index in [9.17, 15) is 9.59 Å². The zero-order valence-corrected chi connectivity index (χ0v) is 10.3. The number of amides is 1. The predicted molar refractivity (Wildman–Crippen MR) is 63.9 cm³/mol. The van der Waals surface area contributed by atoms with E-state index in [0.717, 1.165) is 4.88 Å². The molecule has 88 valence electrons. The Morgan fingerprint density at radius 3 is 2.44 bits per heavy atom. The van der Waals surface area contributed by atoms with Crippen molar-refractivity contribution < 1.29 is 14.7 Å². The zero-order valence-electron chi connectivity index (χ0n) is 9.51. The minimum Gasteiger partial charge on any atom is -0.480 e. The van der Waals surface area contributed by atoms with Crippen LogP contribution in [0.5, 0.6) is 0 Å². The van der Waals surface area contributed by atoms with Crippen LogP contribution in [0.1, 0.15) is 18.7 Å². The van der Waals surface area contributed by atoms with Gasteiger partial charge < -0.3 is 5.11 Å². The van der Waals surface area contributed by atoms with Gasteiger partial charge in [-0.2, -0.15) is 0 Å². The van der Waals surface area contributed by atoms with E-state index in [1.807, 2.05) is 13.0 Å². The molecule has 4 nitrogen and oxygen atoms in total. The highest BCUT2D eigenvalue weighted by atomic mass is 32.1. The molecule has 16 heavy (non-hydrogen) atoms. The molecule has 1 atom stereocenters. The molecule has 1 N–H and O–H groups in total. The molecular formula is C11H15NO3S. The maximum Gasteiger partial charge on any atom is 0.327 e. The number of carbonyl (C=O) groups excluding carboxylic acids is 1.